The van der Waals surface area contributed by atoms with Crippen molar-refractivity contribution < 1.29 is 14.6 Å². The summed E-state index contributed by atoms with van der Waals surface area (Å²) in [6.45, 7) is 0. The zero-order valence-electron chi connectivity index (χ0n) is 21.2. The lowest BCUT2D eigenvalue weighted by atomic mass is 10.2. The number of nitro benzene ring substituents is 2. The van der Waals surface area contributed by atoms with E-state index in [0.717, 1.165) is 5.56 Å². The number of nitrogens with zero attached hydrogens (tertiary/aromatic N) is 3. The molecule has 0 aliphatic heterocycles. The molecule has 0 unspecified atom stereocenters. The number of alkyl halides is 2. The van der Waals surface area contributed by atoms with Gasteiger partial charge in [-0.15, -0.1) is 23.2 Å². The van der Waals surface area contributed by atoms with Crippen molar-refractivity contribution in [3.63, 3.8) is 0 Å². The second-order valence-corrected chi connectivity index (χ2v) is 10.1. The van der Waals surface area contributed by atoms with Crippen molar-refractivity contribution in [2.45, 2.75) is 0 Å². The van der Waals surface area contributed by atoms with Gasteiger partial charge >= 0.3 is 0 Å². The van der Waals surface area contributed by atoms with Gasteiger partial charge in [-0.1, -0.05) is 46.4 Å². The third-order valence-electron chi connectivity index (χ3n) is 4.44. The van der Waals surface area contributed by atoms with Gasteiger partial charge in [0, 0.05) is 61.8 Å². The number of hydrogen-bond donors (Lipinski definition) is 1. The van der Waals surface area contributed by atoms with Crippen molar-refractivity contribution in [3.05, 3.63) is 136 Å². The molecule has 4 aromatic rings. The normalized spacial score (nSPS) is 9.76. The fourth-order valence-corrected chi connectivity index (χ4v) is 3.75. The van der Waals surface area contributed by atoms with Crippen LogP contribution in [0.15, 0.2) is 89.9 Å². The summed E-state index contributed by atoms with van der Waals surface area (Å²) < 4.78 is 0. The third kappa shape index (κ3) is 15.0. The Morgan fingerprint density at radius 1 is 0.667 bits per heavy atom. The molecule has 220 valence electrons. The number of nitrogens with two attached hydrogens (primary N) is 1. The molecule has 0 aromatic heterocycles. The van der Waals surface area contributed by atoms with Crippen LogP contribution in [0.5, 0.6) is 0 Å². The molecule has 0 amide bonds. The van der Waals surface area contributed by atoms with E-state index in [4.69, 9.17) is 75.3 Å². The van der Waals surface area contributed by atoms with E-state index in [1.54, 1.807) is 54.7 Å². The third-order valence-corrected chi connectivity index (χ3v) is 5.31. The van der Waals surface area contributed by atoms with E-state index in [2.05, 4.69) is 4.99 Å². The molecule has 0 fully saturated rings. The van der Waals surface area contributed by atoms with E-state index >= 15 is 0 Å². The van der Waals surface area contributed by atoms with Gasteiger partial charge in [-0.25, -0.2) is 0 Å². The Morgan fingerprint density at radius 3 is 1.36 bits per heavy atom. The number of non-ortho nitro benzene ring substituents is 2. The molecule has 0 bridgehead atoms. The molecule has 0 aliphatic rings. The first kappa shape index (κ1) is 36.6. The first-order chi connectivity index (χ1) is 19.9. The van der Waals surface area contributed by atoms with Gasteiger partial charge in [-0.2, -0.15) is 0 Å². The van der Waals surface area contributed by atoms with Gasteiger partial charge in [0.25, 0.3) is 11.4 Å². The van der Waals surface area contributed by atoms with Crippen molar-refractivity contribution in [1.29, 1.82) is 0 Å². The summed E-state index contributed by atoms with van der Waals surface area (Å²) in [5.41, 5.74) is 7.83. The molecule has 0 atom stereocenters. The molecule has 42 heavy (non-hydrogen) atoms. The maximum atomic E-state index is 10.5. The van der Waals surface area contributed by atoms with E-state index in [1.807, 2.05) is 0 Å². The quantitative estimate of drug-likeness (QED) is 0.0551. The number of anilines is 1. The predicted octanol–water partition coefficient (Wildman–Crippen LogP) is 10.1. The molecule has 0 saturated heterocycles. The maximum Gasteiger partial charge on any atom is 0.269 e. The first-order valence-electron chi connectivity index (χ1n) is 11.2. The largest absolute Gasteiger partial charge is 0.399 e. The van der Waals surface area contributed by atoms with Crippen LogP contribution in [0.1, 0.15) is 15.9 Å². The summed E-state index contributed by atoms with van der Waals surface area (Å²) in [5.74, 6) is 0. The van der Waals surface area contributed by atoms with Crippen molar-refractivity contribution in [2.24, 2.45) is 4.99 Å². The summed E-state index contributed by atoms with van der Waals surface area (Å²) in [7, 11) is 0. The average molecular weight is 693 g/mol. The lowest BCUT2D eigenvalue weighted by Gasteiger charge is -1.97. The molecule has 0 saturated carbocycles. The summed E-state index contributed by atoms with van der Waals surface area (Å²) in [6, 6.07) is 21.4. The van der Waals surface area contributed by atoms with Crippen molar-refractivity contribution >= 4 is 105 Å². The Morgan fingerprint density at radius 2 is 1.02 bits per heavy atom. The second-order valence-electron chi connectivity index (χ2n) is 7.50. The van der Waals surface area contributed by atoms with E-state index in [9.17, 15) is 25.0 Å². The number of aliphatic imine (C=N–C) groups is 1. The Hall–Kier alpha value is -3.44. The minimum absolute atomic E-state index is 0.00407. The van der Waals surface area contributed by atoms with E-state index in [-0.39, 0.29) is 16.7 Å². The van der Waals surface area contributed by atoms with Crippen LogP contribution in [0.3, 0.4) is 0 Å². The van der Waals surface area contributed by atoms with Crippen molar-refractivity contribution in [1.82, 2.24) is 0 Å². The lowest BCUT2D eigenvalue weighted by molar-refractivity contribution is -0.385. The number of carbonyl (C=O) groups is 1. The van der Waals surface area contributed by atoms with Crippen LogP contribution in [-0.2, 0) is 0 Å². The van der Waals surface area contributed by atoms with E-state index in [1.165, 1.54) is 36.4 Å². The smallest absolute Gasteiger partial charge is 0.269 e. The maximum absolute atomic E-state index is 10.5. The number of aldehydes is 1. The Labute approximate surface area is 270 Å². The molecule has 0 heterocycles. The van der Waals surface area contributed by atoms with Gasteiger partial charge in [-0.05, 0) is 66.2 Å². The Bertz CT molecular complexity index is 1430. The molecule has 2 N–H and O–H groups in total. The monoisotopic (exact) mass is 690 g/mol. The standard InChI is InChI=1S/C13H8Cl2N2O2.C7H5NO3.C6H5Cl2N.CH2Cl2/c14-10-5-11(15)7-12(6-10)16-8-9-1-3-13(4-2-9)17(18)19;9-5-6-1-3-7(4-2-6)8(10)11;7-4-1-5(8)3-6(9)2-4;2-1-3/h1-8H;1-5H;1-3H,9H2;1H2. The highest BCUT2D eigenvalue weighted by atomic mass is 35.5. The Kier molecular flexibility index (Phi) is 17.1. The molecule has 4 aromatic carbocycles. The topological polar surface area (TPSA) is 142 Å². The molecule has 9 nitrogen and oxygen atoms in total. The number of nitro groups is 2. The summed E-state index contributed by atoms with van der Waals surface area (Å²) in [4.78, 5) is 34.0. The first-order valence-corrected chi connectivity index (χ1v) is 13.7. The molecule has 15 heteroatoms. The van der Waals surface area contributed by atoms with Gasteiger partial charge in [0.1, 0.15) is 6.29 Å². The number of halogens is 6. The highest BCUT2D eigenvalue weighted by molar-refractivity contribution is 6.40. The minimum Gasteiger partial charge on any atom is -0.399 e. The zero-order valence-corrected chi connectivity index (χ0v) is 25.7. The van der Waals surface area contributed by atoms with Crippen LogP contribution in [0.4, 0.5) is 22.7 Å². The fourth-order valence-electron chi connectivity index (χ4n) is 2.69. The number of carbonyl (C=O) groups excluding carboxylic acids is 1. The average Bonchev–Trinajstić information content (AvgIpc) is 2.92. The SMILES string of the molecule is ClCCl.Nc1cc(Cl)cc(Cl)c1.O=Cc1ccc([N+](=O)[O-])cc1.O=[N+]([O-])c1ccc(C=Nc2cc(Cl)cc(Cl)c2)cc1. The van der Waals surface area contributed by atoms with Gasteiger partial charge in [0.05, 0.1) is 20.9 Å². The molecular weight excluding hydrogens is 673 g/mol. The number of rotatable bonds is 5. The summed E-state index contributed by atoms with van der Waals surface area (Å²) in [5, 5.41) is 23.0. The Balaban J connectivity index is 0.000000325. The van der Waals surface area contributed by atoms with Gasteiger partial charge in [-0.3, -0.25) is 30.0 Å². The second kappa shape index (κ2) is 19.6. The van der Waals surface area contributed by atoms with E-state index < -0.39 is 9.85 Å². The summed E-state index contributed by atoms with van der Waals surface area (Å²) in [6.07, 6.45) is 2.23. The van der Waals surface area contributed by atoms with Gasteiger partial charge < -0.3 is 5.73 Å². The molecule has 0 aliphatic carbocycles. The lowest BCUT2D eigenvalue weighted by Crippen LogP contribution is -1.88. The van der Waals surface area contributed by atoms with Crippen LogP contribution >= 0.6 is 69.6 Å². The zero-order chi connectivity index (χ0) is 31.7. The van der Waals surface area contributed by atoms with Gasteiger partial charge in [0.2, 0.25) is 0 Å². The van der Waals surface area contributed by atoms with Crippen molar-refractivity contribution in [2.75, 3.05) is 11.1 Å². The fraction of sp³-hybridized carbons (Fsp3) is 0.0370. The summed E-state index contributed by atoms with van der Waals surface area (Å²) >= 11 is 32.4. The predicted molar refractivity (Wildman–Crippen MR) is 173 cm³/mol. The highest BCUT2D eigenvalue weighted by Crippen LogP contribution is 2.24. The van der Waals surface area contributed by atoms with Crippen LogP contribution in [-0.4, -0.2) is 27.7 Å². The van der Waals surface area contributed by atoms with Crippen LogP contribution in [0, 0.1) is 20.2 Å². The molecular formula is C27H20Cl6N4O5. The molecule has 0 radical (unpaired) electrons. The van der Waals surface area contributed by atoms with Crippen molar-refractivity contribution in [3.8, 4) is 0 Å². The molecule has 0 spiro atoms. The van der Waals surface area contributed by atoms with Crippen LogP contribution < -0.4 is 5.73 Å². The van der Waals surface area contributed by atoms with Crippen LogP contribution in [0.25, 0.3) is 0 Å². The number of hydrogen-bond acceptors (Lipinski definition) is 7. The van der Waals surface area contributed by atoms with Gasteiger partial charge in [0.15, 0.2) is 0 Å². The molecule has 4 rings (SSSR count). The van der Waals surface area contributed by atoms with E-state index in [0.29, 0.717) is 43.3 Å². The number of nitrogen functional groups attached to an aromatic ring is 1. The number of benzene rings is 4. The minimum atomic E-state index is -0.505. The highest BCUT2D eigenvalue weighted by Gasteiger charge is 2.03. The van der Waals surface area contributed by atoms with Crippen LogP contribution in [0.2, 0.25) is 20.1 Å².